The standard InChI is InChI=1S/C16H17ClN2OS/c1-4-19(9-11(2)3)16(20)14-10-21-15(18-14)12-6-5-7-13(17)8-12/h5-8,10H,2,4,9H2,1,3H3. The number of carbonyl (C=O) groups excluding carboxylic acids is 1. The van der Waals surface area contributed by atoms with E-state index < -0.39 is 0 Å². The first-order valence-corrected chi connectivity index (χ1v) is 7.92. The first-order valence-electron chi connectivity index (χ1n) is 6.66. The summed E-state index contributed by atoms with van der Waals surface area (Å²) in [6.45, 7) is 8.91. The fourth-order valence-corrected chi connectivity index (χ4v) is 2.92. The van der Waals surface area contributed by atoms with Crippen molar-refractivity contribution >= 4 is 28.8 Å². The zero-order chi connectivity index (χ0) is 15.4. The van der Waals surface area contributed by atoms with Crippen molar-refractivity contribution in [2.24, 2.45) is 0 Å². The van der Waals surface area contributed by atoms with Crippen molar-refractivity contribution in [1.29, 1.82) is 0 Å². The van der Waals surface area contributed by atoms with Crippen molar-refractivity contribution in [1.82, 2.24) is 9.88 Å². The lowest BCUT2D eigenvalue weighted by Gasteiger charge is -2.19. The molecule has 0 saturated heterocycles. The topological polar surface area (TPSA) is 33.2 Å². The van der Waals surface area contributed by atoms with Gasteiger partial charge in [0.15, 0.2) is 0 Å². The van der Waals surface area contributed by atoms with Gasteiger partial charge in [-0.1, -0.05) is 35.9 Å². The number of hydrogen-bond donors (Lipinski definition) is 0. The number of nitrogens with zero attached hydrogens (tertiary/aromatic N) is 2. The molecule has 0 aliphatic heterocycles. The maximum Gasteiger partial charge on any atom is 0.273 e. The van der Waals surface area contributed by atoms with Gasteiger partial charge in [0.05, 0.1) is 0 Å². The monoisotopic (exact) mass is 320 g/mol. The van der Waals surface area contributed by atoms with Gasteiger partial charge in [-0.25, -0.2) is 4.98 Å². The Labute approximate surface area is 133 Å². The number of aromatic nitrogens is 1. The first-order chi connectivity index (χ1) is 10.0. The zero-order valence-electron chi connectivity index (χ0n) is 12.1. The second-order valence-corrected chi connectivity index (χ2v) is 6.12. The Morgan fingerprint density at radius 3 is 2.86 bits per heavy atom. The number of benzene rings is 1. The van der Waals surface area contributed by atoms with Gasteiger partial charge < -0.3 is 4.90 Å². The van der Waals surface area contributed by atoms with Crippen LogP contribution in [0, 0.1) is 0 Å². The molecule has 0 spiro atoms. The summed E-state index contributed by atoms with van der Waals surface area (Å²) < 4.78 is 0. The highest BCUT2D eigenvalue weighted by molar-refractivity contribution is 7.13. The number of hydrogen-bond acceptors (Lipinski definition) is 3. The molecular formula is C16H17ClN2OS. The SMILES string of the molecule is C=C(C)CN(CC)C(=O)c1csc(-c2cccc(Cl)c2)n1. The maximum absolute atomic E-state index is 12.4. The van der Waals surface area contributed by atoms with Gasteiger partial charge in [-0.05, 0) is 26.0 Å². The molecule has 0 aliphatic carbocycles. The lowest BCUT2D eigenvalue weighted by atomic mass is 10.2. The van der Waals surface area contributed by atoms with E-state index in [2.05, 4.69) is 11.6 Å². The largest absolute Gasteiger partial charge is 0.334 e. The van der Waals surface area contributed by atoms with Crippen LogP contribution in [0.3, 0.4) is 0 Å². The third-order valence-corrected chi connectivity index (χ3v) is 4.05. The summed E-state index contributed by atoms with van der Waals surface area (Å²) in [6.07, 6.45) is 0. The first kappa shape index (κ1) is 15.7. The van der Waals surface area contributed by atoms with Crippen LogP contribution in [0.1, 0.15) is 24.3 Å². The lowest BCUT2D eigenvalue weighted by molar-refractivity contribution is 0.0773. The molecule has 0 N–H and O–H groups in total. The molecule has 1 aromatic heterocycles. The van der Waals surface area contributed by atoms with E-state index in [4.69, 9.17) is 11.6 Å². The molecule has 1 aromatic carbocycles. The average molecular weight is 321 g/mol. The van der Waals surface area contributed by atoms with Gasteiger partial charge in [-0.3, -0.25) is 4.79 Å². The summed E-state index contributed by atoms with van der Waals surface area (Å²) in [5.74, 6) is -0.0648. The van der Waals surface area contributed by atoms with Crippen molar-refractivity contribution in [3.8, 4) is 10.6 Å². The zero-order valence-corrected chi connectivity index (χ0v) is 13.7. The molecule has 21 heavy (non-hydrogen) atoms. The van der Waals surface area contributed by atoms with Crippen molar-refractivity contribution in [3.63, 3.8) is 0 Å². The number of amides is 1. The highest BCUT2D eigenvalue weighted by atomic mass is 35.5. The van der Waals surface area contributed by atoms with E-state index in [-0.39, 0.29) is 5.91 Å². The number of rotatable bonds is 5. The normalized spacial score (nSPS) is 10.4. The molecule has 2 aromatic rings. The third-order valence-electron chi connectivity index (χ3n) is 2.92. The quantitative estimate of drug-likeness (QED) is 0.760. The molecule has 0 unspecified atom stereocenters. The lowest BCUT2D eigenvalue weighted by Crippen LogP contribution is -2.32. The summed E-state index contributed by atoms with van der Waals surface area (Å²) in [7, 11) is 0. The Balaban J connectivity index is 2.23. The predicted octanol–water partition coefficient (Wildman–Crippen LogP) is 4.50. The van der Waals surface area contributed by atoms with Crippen LogP contribution in [0.15, 0.2) is 41.8 Å². The van der Waals surface area contributed by atoms with E-state index in [1.807, 2.05) is 38.1 Å². The number of thiazole rings is 1. The Bertz CT molecular complexity index is 666. The van der Waals surface area contributed by atoms with Crippen molar-refractivity contribution < 1.29 is 4.79 Å². The summed E-state index contributed by atoms with van der Waals surface area (Å²) in [5, 5.41) is 3.25. The van der Waals surface area contributed by atoms with Crippen LogP contribution in [0.5, 0.6) is 0 Å². The van der Waals surface area contributed by atoms with Crippen LogP contribution in [-0.2, 0) is 0 Å². The number of likely N-dealkylation sites (N-methyl/N-ethyl adjacent to an activating group) is 1. The highest BCUT2D eigenvalue weighted by Gasteiger charge is 2.17. The second kappa shape index (κ2) is 6.87. The second-order valence-electron chi connectivity index (χ2n) is 4.82. The molecule has 3 nitrogen and oxygen atoms in total. The number of carbonyl (C=O) groups is 1. The van der Waals surface area contributed by atoms with Crippen molar-refractivity contribution in [2.45, 2.75) is 13.8 Å². The summed E-state index contributed by atoms with van der Waals surface area (Å²) in [6, 6.07) is 7.47. The van der Waals surface area contributed by atoms with E-state index in [0.717, 1.165) is 16.1 Å². The van der Waals surface area contributed by atoms with Crippen LogP contribution >= 0.6 is 22.9 Å². The molecular weight excluding hydrogens is 304 g/mol. The molecule has 0 saturated carbocycles. The smallest absolute Gasteiger partial charge is 0.273 e. The minimum atomic E-state index is -0.0648. The summed E-state index contributed by atoms with van der Waals surface area (Å²) in [4.78, 5) is 18.6. The molecule has 0 bridgehead atoms. The van der Waals surface area contributed by atoms with E-state index in [1.165, 1.54) is 11.3 Å². The van der Waals surface area contributed by atoms with Crippen molar-refractivity contribution in [3.05, 3.63) is 52.5 Å². The molecule has 110 valence electrons. The number of halogens is 1. The van der Waals surface area contributed by atoms with Crippen LogP contribution in [0.2, 0.25) is 5.02 Å². The van der Waals surface area contributed by atoms with Gasteiger partial charge in [0.2, 0.25) is 0 Å². The van der Waals surface area contributed by atoms with Gasteiger partial charge in [0.1, 0.15) is 10.7 Å². The molecule has 2 rings (SSSR count). The minimum Gasteiger partial charge on any atom is -0.334 e. The van der Waals surface area contributed by atoms with Crippen LogP contribution in [0.4, 0.5) is 0 Å². The highest BCUT2D eigenvalue weighted by Crippen LogP contribution is 2.26. The Kier molecular flexibility index (Phi) is 5.15. The van der Waals surface area contributed by atoms with Crippen LogP contribution in [-0.4, -0.2) is 28.9 Å². The van der Waals surface area contributed by atoms with E-state index in [9.17, 15) is 4.79 Å². The van der Waals surface area contributed by atoms with Gasteiger partial charge in [0, 0.05) is 29.1 Å². The van der Waals surface area contributed by atoms with Crippen LogP contribution in [0.25, 0.3) is 10.6 Å². The average Bonchev–Trinajstić information content (AvgIpc) is 2.93. The van der Waals surface area contributed by atoms with Crippen molar-refractivity contribution in [2.75, 3.05) is 13.1 Å². The van der Waals surface area contributed by atoms with Gasteiger partial charge in [0.25, 0.3) is 5.91 Å². The molecule has 1 amide bonds. The third kappa shape index (κ3) is 3.93. The van der Waals surface area contributed by atoms with E-state index >= 15 is 0 Å². The molecule has 0 aliphatic rings. The van der Waals surface area contributed by atoms with Gasteiger partial charge in [-0.15, -0.1) is 11.3 Å². The van der Waals surface area contributed by atoms with Crippen LogP contribution < -0.4 is 0 Å². The minimum absolute atomic E-state index is 0.0648. The molecule has 0 radical (unpaired) electrons. The molecule has 0 atom stereocenters. The Hall–Kier alpha value is -1.65. The summed E-state index contributed by atoms with van der Waals surface area (Å²) >= 11 is 7.43. The predicted molar refractivity (Wildman–Crippen MR) is 89.0 cm³/mol. The maximum atomic E-state index is 12.4. The van der Waals surface area contributed by atoms with Gasteiger partial charge >= 0.3 is 0 Å². The fourth-order valence-electron chi connectivity index (χ4n) is 1.94. The van der Waals surface area contributed by atoms with Gasteiger partial charge in [-0.2, -0.15) is 0 Å². The van der Waals surface area contributed by atoms with E-state index in [0.29, 0.717) is 23.8 Å². The Morgan fingerprint density at radius 1 is 1.48 bits per heavy atom. The molecule has 5 heteroatoms. The molecule has 1 heterocycles. The summed E-state index contributed by atoms with van der Waals surface area (Å²) in [5.41, 5.74) is 2.35. The van der Waals surface area contributed by atoms with E-state index in [1.54, 1.807) is 10.3 Å². The Morgan fingerprint density at radius 2 is 2.24 bits per heavy atom. The molecule has 0 fully saturated rings. The fraction of sp³-hybridized carbons (Fsp3) is 0.250.